The van der Waals surface area contributed by atoms with Crippen LogP contribution >= 0.6 is 0 Å². The SMILES string of the molecule is CN1CCC=CN2CCCCCC[C@H]12. The smallest absolute Gasteiger partial charge is 0.0812 e. The molecule has 0 bridgehead atoms. The average Bonchev–Trinajstić information content (AvgIpc) is 2.28. The van der Waals surface area contributed by atoms with Gasteiger partial charge in [0.1, 0.15) is 0 Å². The van der Waals surface area contributed by atoms with E-state index in [4.69, 9.17) is 0 Å². The normalized spacial score (nSPS) is 30.4. The highest BCUT2D eigenvalue weighted by Crippen LogP contribution is 2.21. The molecular formula is C12H22N2. The van der Waals surface area contributed by atoms with Crippen molar-refractivity contribution < 1.29 is 0 Å². The van der Waals surface area contributed by atoms with Gasteiger partial charge in [-0.15, -0.1) is 0 Å². The van der Waals surface area contributed by atoms with E-state index in [1.165, 1.54) is 51.6 Å². The summed E-state index contributed by atoms with van der Waals surface area (Å²) in [6, 6.07) is 0. The standard InChI is InChI=1S/C12H22N2/c1-13-9-6-7-11-14-10-5-3-2-4-8-12(13)14/h7,11-12H,2-6,8-10H2,1H3/t12-/m1/s1. The fourth-order valence-corrected chi connectivity index (χ4v) is 2.57. The Morgan fingerprint density at radius 3 is 2.86 bits per heavy atom. The Morgan fingerprint density at radius 1 is 1.07 bits per heavy atom. The third-order valence-corrected chi connectivity index (χ3v) is 3.47. The molecule has 1 atom stereocenters. The van der Waals surface area contributed by atoms with Gasteiger partial charge in [-0.3, -0.25) is 4.90 Å². The number of nitrogens with zero attached hydrogens (tertiary/aromatic N) is 2. The Balaban J connectivity index is 2.05. The molecule has 0 N–H and O–H groups in total. The van der Waals surface area contributed by atoms with Crippen molar-refractivity contribution >= 4 is 0 Å². The largest absolute Gasteiger partial charge is 0.362 e. The summed E-state index contributed by atoms with van der Waals surface area (Å²) in [4.78, 5) is 5.07. The molecular weight excluding hydrogens is 172 g/mol. The van der Waals surface area contributed by atoms with Crippen molar-refractivity contribution in [3.8, 4) is 0 Å². The van der Waals surface area contributed by atoms with Crippen LogP contribution in [0.4, 0.5) is 0 Å². The van der Waals surface area contributed by atoms with Gasteiger partial charge in [-0.25, -0.2) is 0 Å². The second kappa shape index (κ2) is 4.83. The van der Waals surface area contributed by atoms with E-state index in [-0.39, 0.29) is 0 Å². The van der Waals surface area contributed by atoms with Crippen LogP contribution in [0.15, 0.2) is 12.3 Å². The summed E-state index contributed by atoms with van der Waals surface area (Å²) in [7, 11) is 2.27. The van der Waals surface area contributed by atoms with E-state index >= 15 is 0 Å². The average molecular weight is 194 g/mol. The summed E-state index contributed by atoms with van der Waals surface area (Å²) >= 11 is 0. The summed E-state index contributed by atoms with van der Waals surface area (Å²) < 4.78 is 0. The molecule has 80 valence electrons. The predicted octanol–water partition coefficient (Wildman–Crippen LogP) is 2.43. The molecule has 0 aliphatic carbocycles. The third kappa shape index (κ3) is 2.30. The minimum atomic E-state index is 0.675. The van der Waals surface area contributed by atoms with E-state index in [9.17, 15) is 0 Å². The number of fused-ring (bicyclic) bond motifs is 1. The van der Waals surface area contributed by atoms with E-state index < -0.39 is 0 Å². The lowest BCUT2D eigenvalue weighted by Gasteiger charge is -2.37. The van der Waals surface area contributed by atoms with Crippen LogP contribution < -0.4 is 0 Å². The Bertz CT molecular complexity index is 200. The molecule has 0 aromatic rings. The van der Waals surface area contributed by atoms with Crippen LogP contribution in [0.3, 0.4) is 0 Å². The Kier molecular flexibility index (Phi) is 3.46. The van der Waals surface area contributed by atoms with Crippen LogP contribution in [0.5, 0.6) is 0 Å². The lowest BCUT2D eigenvalue weighted by molar-refractivity contribution is 0.0894. The Morgan fingerprint density at radius 2 is 1.93 bits per heavy atom. The maximum Gasteiger partial charge on any atom is 0.0812 e. The van der Waals surface area contributed by atoms with Gasteiger partial charge >= 0.3 is 0 Å². The topological polar surface area (TPSA) is 6.48 Å². The molecule has 2 heteroatoms. The van der Waals surface area contributed by atoms with Crippen molar-refractivity contribution in [3.05, 3.63) is 12.3 Å². The number of hydrogen-bond acceptors (Lipinski definition) is 2. The molecule has 0 saturated carbocycles. The van der Waals surface area contributed by atoms with Gasteiger partial charge in [-0.2, -0.15) is 0 Å². The molecule has 2 rings (SSSR count). The molecule has 0 aromatic carbocycles. The van der Waals surface area contributed by atoms with Crippen LogP contribution in [-0.4, -0.2) is 36.1 Å². The van der Waals surface area contributed by atoms with Crippen molar-refractivity contribution in [1.29, 1.82) is 0 Å². The molecule has 0 radical (unpaired) electrons. The maximum atomic E-state index is 2.55. The Labute approximate surface area is 87.6 Å². The van der Waals surface area contributed by atoms with E-state index in [0.717, 1.165) is 0 Å². The van der Waals surface area contributed by atoms with Crippen LogP contribution in [0, 0.1) is 0 Å². The lowest BCUT2D eigenvalue weighted by Crippen LogP contribution is -2.44. The molecule has 2 nitrogen and oxygen atoms in total. The summed E-state index contributed by atoms with van der Waals surface area (Å²) in [6.45, 7) is 2.48. The lowest BCUT2D eigenvalue weighted by atomic mass is 10.1. The van der Waals surface area contributed by atoms with Gasteiger partial charge < -0.3 is 4.90 Å². The zero-order chi connectivity index (χ0) is 9.80. The van der Waals surface area contributed by atoms with Gasteiger partial charge in [0.15, 0.2) is 0 Å². The van der Waals surface area contributed by atoms with E-state index in [0.29, 0.717) is 6.17 Å². The second-order valence-electron chi connectivity index (χ2n) is 4.58. The van der Waals surface area contributed by atoms with Gasteiger partial charge in [0.25, 0.3) is 0 Å². The third-order valence-electron chi connectivity index (χ3n) is 3.47. The first-order valence-corrected chi connectivity index (χ1v) is 6.00. The molecule has 14 heavy (non-hydrogen) atoms. The number of hydrogen-bond donors (Lipinski definition) is 0. The van der Waals surface area contributed by atoms with Crippen molar-refractivity contribution in [2.45, 2.75) is 44.7 Å². The summed E-state index contributed by atoms with van der Waals surface area (Å²) in [6.07, 6.45) is 13.5. The molecule has 1 fully saturated rings. The van der Waals surface area contributed by atoms with E-state index in [2.05, 4.69) is 29.1 Å². The van der Waals surface area contributed by atoms with Crippen LogP contribution in [-0.2, 0) is 0 Å². The van der Waals surface area contributed by atoms with Gasteiger partial charge in [0.2, 0.25) is 0 Å². The molecule has 0 unspecified atom stereocenters. The highest BCUT2D eigenvalue weighted by atomic mass is 15.3. The minimum Gasteiger partial charge on any atom is -0.362 e. The minimum absolute atomic E-state index is 0.675. The van der Waals surface area contributed by atoms with Gasteiger partial charge in [-0.1, -0.05) is 25.3 Å². The van der Waals surface area contributed by atoms with Gasteiger partial charge in [-0.05, 0) is 32.5 Å². The highest BCUT2D eigenvalue weighted by molar-refractivity contribution is 4.91. The molecule has 2 aliphatic heterocycles. The molecule has 0 spiro atoms. The molecule has 0 aromatic heterocycles. The van der Waals surface area contributed by atoms with Crippen LogP contribution in [0.1, 0.15) is 38.5 Å². The second-order valence-corrected chi connectivity index (χ2v) is 4.58. The zero-order valence-electron chi connectivity index (χ0n) is 9.28. The van der Waals surface area contributed by atoms with E-state index in [1.807, 2.05) is 0 Å². The van der Waals surface area contributed by atoms with E-state index in [1.54, 1.807) is 0 Å². The van der Waals surface area contributed by atoms with Crippen LogP contribution in [0.2, 0.25) is 0 Å². The first kappa shape index (κ1) is 10.0. The van der Waals surface area contributed by atoms with Crippen LogP contribution in [0.25, 0.3) is 0 Å². The monoisotopic (exact) mass is 194 g/mol. The quantitative estimate of drug-likeness (QED) is 0.584. The Hall–Kier alpha value is -0.500. The van der Waals surface area contributed by atoms with Gasteiger partial charge in [0, 0.05) is 13.1 Å². The van der Waals surface area contributed by atoms with Crippen molar-refractivity contribution in [1.82, 2.24) is 9.80 Å². The van der Waals surface area contributed by atoms with Crippen molar-refractivity contribution in [3.63, 3.8) is 0 Å². The fraction of sp³-hybridized carbons (Fsp3) is 0.833. The molecule has 2 aliphatic rings. The maximum absolute atomic E-state index is 2.55. The molecule has 2 heterocycles. The van der Waals surface area contributed by atoms with Crippen molar-refractivity contribution in [2.24, 2.45) is 0 Å². The van der Waals surface area contributed by atoms with Gasteiger partial charge in [0.05, 0.1) is 6.17 Å². The molecule has 1 saturated heterocycles. The summed E-state index contributed by atoms with van der Waals surface area (Å²) in [5.74, 6) is 0. The molecule has 0 amide bonds. The predicted molar refractivity (Wildman–Crippen MR) is 60.0 cm³/mol. The number of rotatable bonds is 0. The van der Waals surface area contributed by atoms with Crippen molar-refractivity contribution in [2.75, 3.05) is 20.1 Å². The summed E-state index contributed by atoms with van der Waals surface area (Å²) in [5.41, 5.74) is 0. The highest BCUT2D eigenvalue weighted by Gasteiger charge is 2.22. The zero-order valence-corrected chi connectivity index (χ0v) is 9.28. The summed E-state index contributed by atoms with van der Waals surface area (Å²) in [5, 5.41) is 0. The first-order valence-electron chi connectivity index (χ1n) is 6.00. The fourth-order valence-electron chi connectivity index (χ4n) is 2.57. The first-order chi connectivity index (χ1) is 6.88.